The molecule has 3 rings (SSSR count). The molecule has 100 valence electrons. The second kappa shape index (κ2) is 5.08. The third-order valence-corrected chi connectivity index (χ3v) is 4.17. The molecular formula is C16H21N3. The summed E-state index contributed by atoms with van der Waals surface area (Å²) in [4.78, 5) is 4.38. The summed E-state index contributed by atoms with van der Waals surface area (Å²) < 4.78 is 0. The molecule has 0 spiro atoms. The fourth-order valence-electron chi connectivity index (χ4n) is 2.93. The average molecular weight is 255 g/mol. The van der Waals surface area contributed by atoms with Gasteiger partial charge in [-0.3, -0.25) is 4.98 Å². The predicted octanol–water partition coefficient (Wildman–Crippen LogP) is 3.81. The van der Waals surface area contributed by atoms with Crippen molar-refractivity contribution >= 4 is 22.3 Å². The lowest BCUT2D eigenvalue weighted by atomic mass is 9.87. The Balaban J connectivity index is 1.89. The van der Waals surface area contributed by atoms with Crippen LogP contribution in [-0.4, -0.2) is 11.0 Å². The van der Waals surface area contributed by atoms with Gasteiger partial charge in [0.2, 0.25) is 0 Å². The molecule has 2 aromatic rings. The highest BCUT2D eigenvalue weighted by Gasteiger charge is 2.19. The number of aromatic nitrogens is 1. The van der Waals surface area contributed by atoms with Gasteiger partial charge >= 0.3 is 0 Å². The van der Waals surface area contributed by atoms with Gasteiger partial charge in [0.15, 0.2) is 0 Å². The highest BCUT2D eigenvalue weighted by molar-refractivity contribution is 5.96. The Labute approximate surface area is 114 Å². The van der Waals surface area contributed by atoms with Crippen LogP contribution in [-0.2, 0) is 0 Å². The minimum absolute atomic E-state index is 0.546. The summed E-state index contributed by atoms with van der Waals surface area (Å²) in [6.07, 6.45) is 6.84. The lowest BCUT2D eigenvalue weighted by Crippen LogP contribution is -2.25. The second-order valence-corrected chi connectivity index (χ2v) is 5.71. The van der Waals surface area contributed by atoms with Crippen molar-refractivity contribution in [3.63, 3.8) is 0 Å². The van der Waals surface area contributed by atoms with E-state index in [9.17, 15) is 0 Å². The molecule has 0 aliphatic heterocycles. The minimum atomic E-state index is 0.546. The molecular weight excluding hydrogens is 234 g/mol. The summed E-state index contributed by atoms with van der Waals surface area (Å²) in [6, 6.07) is 8.72. The van der Waals surface area contributed by atoms with E-state index in [1.807, 2.05) is 18.2 Å². The highest BCUT2D eigenvalue weighted by atomic mass is 14.9. The first kappa shape index (κ1) is 12.3. The van der Waals surface area contributed by atoms with Gasteiger partial charge in [0.1, 0.15) is 0 Å². The third kappa shape index (κ3) is 2.50. The van der Waals surface area contributed by atoms with Crippen LogP contribution >= 0.6 is 0 Å². The molecule has 0 bridgehead atoms. The van der Waals surface area contributed by atoms with Gasteiger partial charge in [-0.2, -0.15) is 0 Å². The molecule has 0 saturated heterocycles. The van der Waals surface area contributed by atoms with Crippen molar-refractivity contribution in [2.45, 2.75) is 38.6 Å². The molecule has 0 radical (unpaired) electrons. The molecule has 1 aromatic heterocycles. The Morgan fingerprint density at radius 1 is 1.16 bits per heavy atom. The van der Waals surface area contributed by atoms with Crippen LogP contribution < -0.4 is 11.1 Å². The fraction of sp³-hybridized carbons (Fsp3) is 0.438. The van der Waals surface area contributed by atoms with Crippen LogP contribution in [0.15, 0.2) is 30.5 Å². The number of hydrogen-bond acceptors (Lipinski definition) is 3. The second-order valence-electron chi connectivity index (χ2n) is 5.71. The zero-order chi connectivity index (χ0) is 13.2. The van der Waals surface area contributed by atoms with Crippen LogP contribution in [0.2, 0.25) is 0 Å². The van der Waals surface area contributed by atoms with Crippen LogP contribution in [0, 0.1) is 5.92 Å². The summed E-state index contributed by atoms with van der Waals surface area (Å²) in [6.45, 7) is 2.34. The molecule has 3 N–H and O–H groups in total. The van der Waals surface area contributed by atoms with Crippen LogP contribution in [0.5, 0.6) is 0 Å². The van der Waals surface area contributed by atoms with Crippen molar-refractivity contribution in [1.82, 2.24) is 4.98 Å². The Morgan fingerprint density at radius 2 is 1.89 bits per heavy atom. The molecule has 19 heavy (non-hydrogen) atoms. The van der Waals surface area contributed by atoms with Gasteiger partial charge in [-0.1, -0.05) is 25.1 Å². The molecule has 1 saturated carbocycles. The third-order valence-electron chi connectivity index (χ3n) is 4.17. The van der Waals surface area contributed by atoms with Gasteiger partial charge in [0.25, 0.3) is 0 Å². The van der Waals surface area contributed by atoms with Gasteiger partial charge in [-0.15, -0.1) is 0 Å². The number of nitrogen functional groups attached to an aromatic ring is 1. The van der Waals surface area contributed by atoms with Crippen molar-refractivity contribution in [1.29, 1.82) is 0 Å². The zero-order valence-corrected chi connectivity index (χ0v) is 11.4. The number of fused-ring (bicyclic) bond motifs is 1. The summed E-state index contributed by atoms with van der Waals surface area (Å²) >= 11 is 0. The largest absolute Gasteiger partial charge is 0.396 e. The van der Waals surface area contributed by atoms with Gasteiger partial charge in [0, 0.05) is 11.4 Å². The van der Waals surface area contributed by atoms with E-state index in [0.29, 0.717) is 6.04 Å². The monoisotopic (exact) mass is 255 g/mol. The van der Waals surface area contributed by atoms with E-state index in [-0.39, 0.29) is 0 Å². The molecule has 1 aliphatic carbocycles. The van der Waals surface area contributed by atoms with Crippen molar-refractivity contribution in [3.8, 4) is 0 Å². The Morgan fingerprint density at radius 3 is 2.68 bits per heavy atom. The molecule has 0 amide bonds. The van der Waals surface area contributed by atoms with E-state index in [4.69, 9.17) is 5.73 Å². The van der Waals surface area contributed by atoms with Gasteiger partial charge in [-0.25, -0.2) is 0 Å². The quantitative estimate of drug-likeness (QED) is 0.858. The number of para-hydroxylation sites is 1. The summed E-state index contributed by atoms with van der Waals surface area (Å²) in [5.41, 5.74) is 8.92. The fourth-order valence-corrected chi connectivity index (χ4v) is 2.93. The first-order chi connectivity index (χ1) is 9.24. The van der Waals surface area contributed by atoms with Gasteiger partial charge in [0.05, 0.1) is 23.1 Å². The van der Waals surface area contributed by atoms with Crippen LogP contribution in [0.25, 0.3) is 10.9 Å². The number of nitrogens with two attached hydrogens (primary N) is 1. The number of pyridine rings is 1. The molecule has 3 heteroatoms. The topological polar surface area (TPSA) is 50.9 Å². The van der Waals surface area contributed by atoms with E-state index < -0.39 is 0 Å². The van der Waals surface area contributed by atoms with Crippen molar-refractivity contribution in [2.24, 2.45) is 5.92 Å². The Hall–Kier alpha value is -1.77. The Bertz CT molecular complexity index is 571. The molecule has 1 fully saturated rings. The van der Waals surface area contributed by atoms with Gasteiger partial charge in [-0.05, 0) is 37.7 Å². The van der Waals surface area contributed by atoms with E-state index >= 15 is 0 Å². The lowest BCUT2D eigenvalue weighted by molar-refractivity contribution is 0.361. The maximum absolute atomic E-state index is 6.11. The van der Waals surface area contributed by atoms with E-state index in [2.05, 4.69) is 23.3 Å². The minimum Gasteiger partial charge on any atom is -0.396 e. The lowest BCUT2D eigenvalue weighted by Gasteiger charge is -2.28. The molecule has 0 atom stereocenters. The van der Waals surface area contributed by atoms with Crippen molar-refractivity contribution in [3.05, 3.63) is 30.5 Å². The number of hydrogen-bond donors (Lipinski definition) is 2. The molecule has 1 heterocycles. The van der Waals surface area contributed by atoms with Gasteiger partial charge < -0.3 is 11.1 Å². The number of nitrogens with one attached hydrogen (secondary N) is 1. The number of nitrogens with zero attached hydrogens (tertiary/aromatic N) is 1. The van der Waals surface area contributed by atoms with E-state index in [1.165, 1.54) is 25.7 Å². The summed E-state index contributed by atoms with van der Waals surface area (Å²) in [7, 11) is 0. The molecule has 0 unspecified atom stereocenters. The first-order valence-electron chi connectivity index (χ1n) is 7.14. The Kier molecular flexibility index (Phi) is 3.28. The maximum atomic E-state index is 6.11. The molecule has 1 aromatic carbocycles. The number of anilines is 2. The van der Waals surface area contributed by atoms with Crippen LogP contribution in [0.4, 0.5) is 11.4 Å². The zero-order valence-electron chi connectivity index (χ0n) is 11.4. The average Bonchev–Trinajstić information content (AvgIpc) is 2.44. The smallest absolute Gasteiger partial charge is 0.0743 e. The maximum Gasteiger partial charge on any atom is 0.0743 e. The number of benzene rings is 1. The highest BCUT2D eigenvalue weighted by Crippen LogP contribution is 2.32. The molecule has 3 nitrogen and oxygen atoms in total. The van der Waals surface area contributed by atoms with Crippen molar-refractivity contribution in [2.75, 3.05) is 11.1 Å². The first-order valence-corrected chi connectivity index (χ1v) is 7.14. The standard InChI is InChI=1S/C16H21N3/c1-11-6-8-12(9-7-11)19-16-13-4-2-3-5-15(13)18-10-14(16)17/h2-5,10-12H,6-9,17H2,1H3,(H,18,19). The summed E-state index contributed by atoms with van der Waals surface area (Å²) in [5.74, 6) is 0.865. The molecule has 1 aliphatic rings. The van der Waals surface area contributed by atoms with Crippen LogP contribution in [0.1, 0.15) is 32.6 Å². The predicted molar refractivity (Wildman–Crippen MR) is 81.2 cm³/mol. The van der Waals surface area contributed by atoms with Crippen molar-refractivity contribution < 1.29 is 0 Å². The van der Waals surface area contributed by atoms with E-state index in [0.717, 1.165) is 28.2 Å². The normalized spacial score (nSPS) is 23.4. The van der Waals surface area contributed by atoms with E-state index in [1.54, 1.807) is 6.20 Å². The SMILES string of the molecule is CC1CCC(Nc2c(N)cnc3ccccc23)CC1. The number of rotatable bonds is 2. The van der Waals surface area contributed by atoms with Crippen LogP contribution in [0.3, 0.4) is 0 Å². The summed E-state index contributed by atoms with van der Waals surface area (Å²) in [5, 5.41) is 4.77.